The van der Waals surface area contributed by atoms with Crippen LogP contribution in [0, 0.1) is 0 Å². The fourth-order valence-corrected chi connectivity index (χ4v) is 1.98. The number of hydrogen-bond acceptors (Lipinski definition) is 3. The maximum Gasteiger partial charge on any atom is 0.352 e. The number of nitrogens with one attached hydrogen (secondary N) is 2. The summed E-state index contributed by atoms with van der Waals surface area (Å²) >= 11 is 0. The van der Waals surface area contributed by atoms with Gasteiger partial charge in [-0.05, 0) is 12.1 Å². The number of carbonyl (C=O) groups is 3. The number of hydrogen-bond donors (Lipinski definition) is 3. The maximum absolute atomic E-state index is 12.1. The average molecular weight is 290 g/mol. The van der Waals surface area contributed by atoms with Crippen LogP contribution in [0.5, 0.6) is 0 Å². The molecule has 0 atom stereocenters. The molecule has 0 spiro atoms. The van der Waals surface area contributed by atoms with Crippen LogP contribution in [0.3, 0.4) is 0 Å². The van der Waals surface area contributed by atoms with Crippen molar-refractivity contribution in [3.63, 3.8) is 0 Å². The number of nitrogens with zero attached hydrogens (tertiary/aromatic N) is 2. The molecule has 2 aromatic heterocycles. The molecule has 2 rings (SSSR count). The van der Waals surface area contributed by atoms with Gasteiger partial charge < -0.3 is 24.9 Å². The van der Waals surface area contributed by atoms with E-state index in [0.29, 0.717) is 23.5 Å². The number of aromatic carboxylic acids is 1. The number of aromatic nitrogens is 2. The predicted octanol–water partition coefficient (Wildman–Crippen LogP) is 0.882. The van der Waals surface area contributed by atoms with Crippen LogP contribution >= 0.6 is 0 Å². The van der Waals surface area contributed by atoms with E-state index >= 15 is 0 Å². The molecule has 2 amide bonds. The van der Waals surface area contributed by atoms with E-state index in [2.05, 4.69) is 10.6 Å². The summed E-state index contributed by atoms with van der Waals surface area (Å²) in [4.78, 5) is 33.5. The van der Waals surface area contributed by atoms with Gasteiger partial charge >= 0.3 is 5.97 Å². The van der Waals surface area contributed by atoms with Crippen molar-refractivity contribution in [3.05, 3.63) is 35.9 Å². The highest BCUT2D eigenvalue weighted by Gasteiger charge is 2.15. The zero-order valence-corrected chi connectivity index (χ0v) is 11.5. The minimum absolute atomic E-state index is 0.0699. The van der Waals surface area contributed by atoms with Crippen molar-refractivity contribution in [2.45, 2.75) is 0 Å². The molecule has 0 aromatic carbocycles. The molecule has 21 heavy (non-hydrogen) atoms. The van der Waals surface area contributed by atoms with E-state index in [1.54, 1.807) is 24.9 Å². The summed E-state index contributed by atoms with van der Waals surface area (Å²) in [5.41, 5.74) is 1.28. The van der Waals surface area contributed by atoms with Crippen LogP contribution in [0.2, 0.25) is 0 Å². The Morgan fingerprint density at radius 1 is 1.10 bits per heavy atom. The first-order valence-electron chi connectivity index (χ1n) is 6.00. The third kappa shape index (κ3) is 2.94. The van der Waals surface area contributed by atoms with Crippen LogP contribution in [0.25, 0.3) is 0 Å². The van der Waals surface area contributed by atoms with Gasteiger partial charge in [-0.1, -0.05) is 0 Å². The molecule has 3 N–H and O–H groups in total. The Hall–Kier alpha value is -3.03. The summed E-state index contributed by atoms with van der Waals surface area (Å²) < 4.78 is 2.96. The minimum Gasteiger partial charge on any atom is -0.477 e. The Labute approximate surface area is 120 Å². The second-order valence-corrected chi connectivity index (χ2v) is 4.47. The quantitative estimate of drug-likeness (QED) is 0.711. The van der Waals surface area contributed by atoms with Crippen molar-refractivity contribution < 1.29 is 19.5 Å². The van der Waals surface area contributed by atoms with Crippen molar-refractivity contribution in [3.8, 4) is 0 Å². The van der Waals surface area contributed by atoms with E-state index in [9.17, 15) is 14.4 Å². The molecule has 8 heteroatoms. The van der Waals surface area contributed by atoms with Crippen LogP contribution in [0.1, 0.15) is 21.0 Å². The van der Waals surface area contributed by atoms with E-state index in [4.69, 9.17) is 5.11 Å². The third-order valence-corrected chi connectivity index (χ3v) is 2.95. The van der Waals surface area contributed by atoms with Crippen LogP contribution in [0.15, 0.2) is 24.5 Å². The van der Waals surface area contributed by atoms with Gasteiger partial charge in [0.25, 0.3) is 5.91 Å². The fourth-order valence-electron chi connectivity index (χ4n) is 1.98. The molecule has 0 bridgehead atoms. The lowest BCUT2D eigenvalue weighted by Crippen LogP contribution is -2.14. The lowest BCUT2D eigenvalue weighted by atomic mass is 10.3. The zero-order valence-electron chi connectivity index (χ0n) is 11.5. The van der Waals surface area contributed by atoms with Gasteiger partial charge in [-0.25, -0.2) is 4.79 Å². The zero-order chi connectivity index (χ0) is 15.6. The number of aryl methyl sites for hydroxylation is 2. The molecule has 0 aliphatic heterocycles. The van der Waals surface area contributed by atoms with Gasteiger partial charge in [0.15, 0.2) is 0 Å². The standard InChI is InChI=1S/C13H14N4O4/c1-16-5-8(14-7-18)3-10(16)12(19)15-9-4-11(13(20)21)17(2)6-9/h3-7H,1-2H3,(H,14,18)(H,15,19)(H,20,21). The maximum atomic E-state index is 12.1. The molecule has 0 radical (unpaired) electrons. The van der Waals surface area contributed by atoms with Gasteiger partial charge in [0, 0.05) is 26.5 Å². The normalized spacial score (nSPS) is 10.2. The van der Waals surface area contributed by atoms with Crippen molar-refractivity contribution in [2.75, 3.05) is 10.6 Å². The lowest BCUT2D eigenvalue weighted by molar-refractivity contribution is -0.105. The molecule has 0 aliphatic carbocycles. The van der Waals surface area contributed by atoms with Crippen LogP contribution in [-0.4, -0.2) is 32.5 Å². The van der Waals surface area contributed by atoms with Crippen molar-refractivity contribution in [1.29, 1.82) is 0 Å². The SMILES string of the molecule is Cn1cc(NC(=O)c2cc(NC=O)cn2C)cc1C(=O)O. The lowest BCUT2D eigenvalue weighted by Gasteiger charge is -2.03. The van der Waals surface area contributed by atoms with E-state index in [0.717, 1.165) is 0 Å². The summed E-state index contributed by atoms with van der Waals surface area (Å²) in [6.07, 6.45) is 3.62. The Kier molecular flexibility index (Phi) is 3.79. The molecule has 0 aliphatic rings. The first kappa shape index (κ1) is 14.4. The Bertz CT molecular complexity index is 714. The predicted molar refractivity (Wildman–Crippen MR) is 75.4 cm³/mol. The second-order valence-electron chi connectivity index (χ2n) is 4.47. The number of anilines is 2. The van der Waals surface area contributed by atoms with Crippen LogP contribution in [0.4, 0.5) is 11.4 Å². The van der Waals surface area contributed by atoms with Gasteiger partial charge in [0.1, 0.15) is 11.4 Å². The fraction of sp³-hybridized carbons (Fsp3) is 0.154. The summed E-state index contributed by atoms with van der Waals surface area (Å²) in [6, 6.07) is 2.89. The largest absolute Gasteiger partial charge is 0.477 e. The van der Waals surface area contributed by atoms with Crippen LogP contribution in [-0.2, 0) is 18.9 Å². The van der Waals surface area contributed by atoms with E-state index in [1.807, 2.05) is 0 Å². The van der Waals surface area contributed by atoms with Crippen molar-refractivity contribution in [2.24, 2.45) is 14.1 Å². The Morgan fingerprint density at radius 2 is 1.67 bits per heavy atom. The highest BCUT2D eigenvalue weighted by atomic mass is 16.4. The van der Waals surface area contributed by atoms with Crippen LogP contribution < -0.4 is 10.6 Å². The van der Waals surface area contributed by atoms with E-state index in [-0.39, 0.29) is 5.69 Å². The first-order valence-corrected chi connectivity index (χ1v) is 6.00. The van der Waals surface area contributed by atoms with E-state index < -0.39 is 11.9 Å². The number of rotatable bonds is 5. The Balaban J connectivity index is 2.19. The highest BCUT2D eigenvalue weighted by Crippen LogP contribution is 2.16. The molecule has 0 unspecified atom stereocenters. The van der Waals surface area contributed by atoms with Gasteiger partial charge in [0.05, 0.1) is 11.4 Å². The van der Waals surface area contributed by atoms with Gasteiger partial charge in [-0.2, -0.15) is 0 Å². The van der Waals surface area contributed by atoms with E-state index in [1.165, 1.54) is 22.9 Å². The first-order chi connectivity index (χ1) is 9.92. The minimum atomic E-state index is -1.07. The molecule has 2 heterocycles. The molecule has 0 saturated carbocycles. The molecule has 2 aromatic rings. The van der Waals surface area contributed by atoms with Gasteiger partial charge in [-0.15, -0.1) is 0 Å². The summed E-state index contributed by atoms with van der Waals surface area (Å²) in [5, 5.41) is 14.0. The average Bonchev–Trinajstić information content (AvgIpc) is 2.93. The summed E-state index contributed by atoms with van der Waals surface area (Å²) in [7, 11) is 3.24. The second kappa shape index (κ2) is 5.53. The summed E-state index contributed by atoms with van der Waals surface area (Å²) in [5.74, 6) is -1.48. The number of carboxylic acid groups (broad SMARTS) is 1. The monoisotopic (exact) mass is 290 g/mol. The molecule has 110 valence electrons. The topological polar surface area (TPSA) is 105 Å². The highest BCUT2D eigenvalue weighted by molar-refractivity contribution is 6.04. The smallest absolute Gasteiger partial charge is 0.352 e. The molecule has 0 fully saturated rings. The number of carbonyl (C=O) groups excluding carboxylic acids is 2. The third-order valence-electron chi connectivity index (χ3n) is 2.95. The number of amides is 2. The van der Waals surface area contributed by atoms with Crippen molar-refractivity contribution in [1.82, 2.24) is 9.13 Å². The molecular formula is C13H14N4O4. The van der Waals surface area contributed by atoms with Crippen molar-refractivity contribution >= 4 is 29.7 Å². The number of carboxylic acids is 1. The molecular weight excluding hydrogens is 276 g/mol. The Morgan fingerprint density at radius 3 is 2.24 bits per heavy atom. The molecule has 8 nitrogen and oxygen atoms in total. The van der Waals surface area contributed by atoms with Gasteiger partial charge in [0.2, 0.25) is 6.41 Å². The van der Waals surface area contributed by atoms with Gasteiger partial charge in [-0.3, -0.25) is 9.59 Å². The summed E-state index contributed by atoms with van der Waals surface area (Å²) in [6.45, 7) is 0. The molecule has 0 saturated heterocycles.